The van der Waals surface area contributed by atoms with E-state index in [0.717, 1.165) is 0 Å². The predicted octanol–water partition coefficient (Wildman–Crippen LogP) is 2.24. The van der Waals surface area contributed by atoms with E-state index in [-0.39, 0.29) is 5.92 Å². The van der Waals surface area contributed by atoms with Gasteiger partial charge in [-0.1, -0.05) is 12.1 Å². The number of nitriles is 1. The molecule has 0 radical (unpaired) electrons. The molecule has 0 amide bonds. The van der Waals surface area contributed by atoms with Crippen molar-refractivity contribution in [2.24, 2.45) is 0 Å². The van der Waals surface area contributed by atoms with Crippen molar-refractivity contribution in [3.8, 4) is 17.6 Å². The minimum absolute atomic E-state index is 0.0776. The molecule has 1 atom stereocenters. The molecule has 92 valence electrons. The van der Waals surface area contributed by atoms with E-state index < -0.39 is 0 Å². The molecule has 2 aromatic rings. The van der Waals surface area contributed by atoms with Crippen LogP contribution >= 0.6 is 0 Å². The number of nitrogens with zero attached hydrogens (tertiary/aromatic N) is 5. The molecule has 0 aliphatic carbocycles. The molecule has 0 spiro atoms. The summed E-state index contributed by atoms with van der Waals surface area (Å²) in [6.45, 7) is 3.76. The van der Waals surface area contributed by atoms with Crippen LogP contribution in [0.3, 0.4) is 0 Å². The Balaban J connectivity index is 2.18. The van der Waals surface area contributed by atoms with E-state index in [1.54, 1.807) is 19.2 Å². The maximum absolute atomic E-state index is 8.54. The Morgan fingerprint density at radius 2 is 2.28 bits per heavy atom. The standard InChI is InChI=1S/C12H13N5O/c1-8(4-3-6-13)12-16-11(17-18-12)10-5-7-14-9(2)15-10/h5,7-8H,3-4H2,1-2H3. The summed E-state index contributed by atoms with van der Waals surface area (Å²) in [4.78, 5) is 12.5. The van der Waals surface area contributed by atoms with E-state index >= 15 is 0 Å². The molecule has 6 nitrogen and oxygen atoms in total. The van der Waals surface area contributed by atoms with Gasteiger partial charge in [-0.3, -0.25) is 0 Å². The second kappa shape index (κ2) is 5.36. The van der Waals surface area contributed by atoms with Crippen LogP contribution in [-0.4, -0.2) is 20.1 Å². The van der Waals surface area contributed by atoms with Gasteiger partial charge in [-0.15, -0.1) is 0 Å². The Bertz CT molecular complexity index is 572. The maximum atomic E-state index is 8.54. The summed E-state index contributed by atoms with van der Waals surface area (Å²) >= 11 is 0. The maximum Gasteiger partial charge on any atom is 0.229 e. The van der Waals surface area contributed by atoms with E-state index in [1.807, 2.05) is 6.92 Å². The number of aryl methyl sites for hydroxylation is 1. The normalized spacial score (nSPS) is 12.1. The van der Waals surface area contributed by atoms with Crippen LogP contribution in [0.2, 0.25) is 0 Å². The summed E-state index contributed by atoms with van der Waals surface area (Å²) in [6, 6.07) is 3.84. The Morgan fingerprint density at radius 1 is 1.44 bits per heavy atom. The van der Waals surface area contributed by atoms with Crippen LogP contribution < -0.4 is 0 Å². The van der Waals surface area contributed by atoms with Gasteiger partial charge in [0.2, 0.25) is 11.7 Å². The highest BCUT2D eigenvalue weighted by Crippen LogP contribution is 2.21. The van der Waals surface area contributed by atoms with Crippen LogP contribution in [-0.2, 0) is 0 Å². The van der Waals surface area contributed by atoms with Crippen LogP contribution in [0.4, 0.5) is 0 Å². The lowest BCUT2D eigenvalue weighted by Crippen LogP contribution is -1.94. The lowest BCUT2D eigenvalue weighted by molar-refractivity contribution is 0.355. The first-order chi connectivity index (χ1) is 8.70. The van der Waals surface area contributed by atoms with Gasteiger partial charge in [-0.2, -0.15) is 10.2 Å². The second-order valence-corrected chi connectivity index (χ2v) is 4.04. The molecule has 0 N–H and O–H groups in total. The summed E-state index contributed by atoms with van der Waals surface area (Å²) < 4.78 is 5.19. The highest BCUT2D eigenvalue weighted by atomic mass is 16.5. The molecule has 2 aromatic heterocycles. The highest BCUT2D eigenvalue weighted by molar-refractivity contribution is 5.47. The largest absolute Gasteiger partial charge is 0.339 e. The van der Waals surface area contributed by atoms with Crippen molar-refractivity contribution in [3.05, 3.63) is 24.0 Å². The van der Waals surface area contributed by atoms with Crippen molar-refractivity contribution in [1.29, 1.82) is 5.26 Å². The molecule has 1 unspecified atom stereocenters. The molecule has 18 heavy (non-hydrogen) atoms. The zero-order valence-electron chi connectivity index (χ0n) is 10.3. The van der Waals surface area contributed by atoms with E-state index in [0.29, 0.717) is 36.1 Å². The smallest absolute Gasteiger partial charge is 0.229 e. The van der Waals surface area contributed by atoms with Gasteiger partial charge in [0.1, 0.15) is 11.5 Å². The van der Waals surface area contributed by atoms with Gasteiger partial charge in [0, 0.05) is 18.5 Å². The predicted molar refractivity (Wildman–Crippen MR) is 63.3 cm³/mol. The molecule has 0 saturated heterocycles. The Hall–Kier alpha value is -2.29. The fraction of sp³-hybridized carbons (Fsp3) is 0.417. The van der Waals surface area contributed by atoms with Crippen molar-refractivity contribution >= 4 is 0 Å². The third-order valence-electron chi connectivity index (χ3n) is 2.56. The topological polar surface area (TPSA) is 88.5 Å². The Morgan fingerprint density at radius 3 is 3.00 bits per heavy atom. The molecule has 0 aliphatic heterocycles. The van der Waals surface area contributed by atoms with Crippen molar-refractivity contribution in [3.63, 3.8) is 0 Å². The summed E-state index contributed by atoms with van der Waals surface area (Å²) in [5.41, 5.74) is 0.644. The molecular weight excluding hydrogens is 230 g/mol. The van der Waals surface area contributed by atoms with Crippen LogP contribution in [0.15, 0.2) is 16.8 Å². The van der Waals surface area contributed by atoms with Gasteiger partial charge >= 0.3 is 0 Å². The summed E-state index contributed by atoms with van der Waals surface area (Å²) in [5, 5.41) is 12.4. The van der Waals surface area contributed by atoms with Crippen molar-refractivity contribution in [2.45, 2.75) is 32.6 Å². The molecule has 0 aliphatic rings. The lowest BCUT2D eigenvalue weighted by atomic mass is 10.1. The SMILES string of the molecule is Cc1nccc(-c2noc(C(C)CCC#N)n2)n1. The molecule has 2 heterocycles. The third kappa shape index (κ3) is 2.69. The Kier molecular flexibility index (Phi) is 3.63. The number of hydrogen-bond donors (Lipinski definition) is 0. The molecule has 0 bridgehead atoms. The van der Waals surface area contributed by atoms with Crippen molar-refractivity contribution in [1.82, 2.24) is 20.1 Å². The first-order valence-corrected chi connectivity index (χ1v) is 5.71. The lowest BCUT2D eigenvalue weighted by Gasteiger charge is -2.00. The zero-order chi connectivity index (χ0) is 13.0. The van der Waals surface area contributed by atoms with Gasteiger partial charge in [-0.05, 0) is 19.4 Å². The van der Waals surface area contributed by atoms with E-state index in [9.17, 15) is 0 Å². The van der Waals surface area contributed by atoms with E-state index in [1.165, 1.54) is 0 Å². The molecule has 0 aromatic carbocycles. The van der Waals surface area contributed by atoms with Crippen LogP contribution in [0.25, 0.3) is 11.5 Å². The molecular formula is C12H13N5O. The molecule has 0 saturated carbocycles. The van der Waals surface area contributed by atoms with E-state index in [4.69, 9.17) is 9.78 Å². The van der Waals surface area contributed by atoms with Crippen LogP contribution in [0.1, 0.15) is 37.4 Å². The fourth-order valence-corrected chi connectivity index (χ4v) is 1.52. The monoisotopic (exact) mass is 243 g/mol. The van der Waals surface area contributed by atoms with Crippen LogP contribution in [0.5, 0.6) is 0 Å². The highest BCUT2D eigenvalue weighted by Gasteiger charge is 2.15. The zero-order valence-corrected chi connectivity index (χ0v) is 10.3. The number of aromatic nitrogens is 4. The van der Waals surface area contributed by atoms with E-state index in [2.05, 4.69) is 26.2 Å². The molecule has 2 rings (SSSR count). The average Bonchev–Trinajstić information content (AvgIpc) is 2.85. The van der Waals surface area contributed by atoms with Gasteiger partial charge in [-0.25, -0.2) is 9.97 Å². The number of rotatable bonds is 4. The third-order valence-corrected chi connectivity index (χ3v) is 2.56. The van der Waals surface area contributed by atoms with Gasteiger partial charge in [0.05, 0.1) is 6.07 Å². The summed E-state index contributed by atoms with van der Waals surface area (Å²) in [7, 11) is 0. The average molecular weight is 243 g/mol. The molecule has 0 fully saturated rings. The summed E-state index contributed by atoms with van der Waals surface area (Å²) in [5.74, 6) is 1.74. The first-order valence-electron chi connectivity index (χ1n) is 5.71. The summed E-state index contributed by atoms with van der Waals surface area (Å²) in [6.07, 6.45) is 2.85. The van der Waals surface area contributed by atoms with Crippen molar-refractivity contribution in [2.75, 3.05) is 0 Å². The van der Waals surface area contributed by atoms with Gasteiger partial charge in [0.15, 0.2) is 0 Å². The molecule has 6 heteroatoms. The van der Waals surface area contributed by atoms with Gasteiger partial charge < -0.3 is 4.52 Å². The quantitative estimate of drug-likeness (QED) is 0.818. The minimum atomic E-state index is 0.0776. The number of hydrogen-bond acceptors (Lipinski definition) is 6. The minimum Gasteiger partial charge on any atom is -0.339 e. The van der Waals surface area contributed by atoms with Crippen LogP contribution in [0, 0.1) is 18.3 Å². The fourth-order valence-electron chi connectivity index (χ4n) is 1.52. The van der Waals surface area contributed by atoms with Gasteiger partial charge in [0.25, 0.3) is 0 Å². The second-order valence-electron chi connectivity index (χ2n) is 4.04. The van der Waals surface area contributed by atoms with Crippen molar-refractivity contribution < 1.29 is 4.52 Å². The first kappa shape index (κ1) is 12.2. The Labute approximate surface area is 105 Å².